The monoisotopic (exact) mass is 249 g/mol. The Kier molecular flexibility index (Phi) is 5.17. The van der Waals surface area contributed by atoms with Crippen LogP contribution in [0.3, 0.4) is 0 Å². The van der Waals surface area contributed by atoms with Crippen LogP contribution in [0.1, 0.15) is 23.2 Å². The highest BCUT2D eigenvalue weighted by molar-refractivity contribution is 5.93. The Bertz CT molecular complexity index is 430. The van der Waals surface area contributed by atoms with Crippen LogP contribution in [-0.2, 0) is 4.79 Å². The minimum absolute atomic E-state index is 0.114. The van der Waals surface area contributed by atoms with Gasteiger partial charge in [-0.1, -0.05) is 6.07 Å². The van der Waals surface area contributed by atoms with Gasteiger partial charge in [0, 0.05) is 38.3 Å². The number of nitrogens with one attached hydrogen (secondary N) is 1. The van der Waals surface area contributed by atoms with Crippen LogP contribution in [-0.4, -0.2) is 37.4 Å². The number of primary amides is 1. The number of benzene rings is 1. The molecule has 0 radical (unpaired) electrons. The second kappa shape index (κ2) is 6.64. The van der Waals surface area contributed by atoms with Gasteiger partial charge in [-0.15, -0.1) is 0 Å². The first kappa shape index (κ1) is 14.0. The van der Waals surface area contributed by atoms with Crippen molar-refractivity contribution >= 4 is 17.5 Å². The molecule has 1 aromatic carbocycles. The average molecular weight is 249 g/mol. The van der Waals surface area contributed by atoms with Gasteiger partial charge in [0.2, 0.25) is 11.8 Å². The molecule has 1 rings (SSSR count). The summed E-state index contributed by atoms with van der Waals surface area (Å²) in [6, 6.07) is 7.01. The van der Waals surface area contributed by atoms with Crippen molar-refractivity contribution in [1.29, 1.82) is 0 Å². The Hall–Kier alpha value is -2.04. The predicted molar refractivity (Wildman–Crippen MR) is 71.4 cm³/mol. The van der Waals surface area contributed by atoms with Crippen LogP contribution in [0.2, 0.25) is 0 Å². The predicted octanol–water partition coefficient (Wildman–Crippen LogP) is 1.07. The third-order valence-corrected chi connectivity index (χ3v) is 2.54. The van der Waals surface area contributed by atoms with Gasteiger partial charge < -0.3 is 16.0 Å². The van der Waals surface area contributed by atoms with Crippen molar-refractivity contribution in [1.82, 2.24) is 4.90 Å². The number of nitrogens with two attached hydrogens (primary N) is 1. The number of hydrogen-bond donors (Lipinski definition) is 2. The molecule has 0 aliphatic heterocycles. The van der Waals surface area contributed by atoms with Crippen molar-refractivity contribution < 1.29 is 9.59 Å². The molecule has 18 heavy (non-hydrogen) atoms. The Balaban J connectivity index is 2.38. The largest absolute Gasteiger partial charge is 0.385 e. The van der Waals surface area contributed by atoms with Crippen LogP contribution >= 0.6 is 0 Å². The fourth-order valence-corrected chi connectivity index (χ4v) is 1.48. The van der Waals surface area contributed by atoms with E-state index in [0.717, 1.165) is 12.1 Å². The molecule has 0 bridgehead atoms. The summed E-state index contributed by atoms with van der Waals surface area (Å²) < 4.78 is 0. The smallest absolute Gasteiger partial charge is 0.248 e. The molecule has 98 valence electrons. The molecule has 0 spiro atoms. The van der Waals surface area contributed by atoms with Crippen LogP contribution in [0.25, 0.3) is 0 Å². The summed E-state index contributed by atoms with van der Waals surface area (Å²) in [6.45, 7) is 0.682. The van der Waals surface area contributed by atoms with E-state index in [1.54, 1.807) is 37.2 Å². The van der Waals surface area contributed by atoms with E-state index in [2.05, 4.69) is 5.32 Å². The van der Waals surface area contributed by atoms with Crippen molar-refractivity contribution in [3.63, 3.8) is 0 Å². The molecule has 0 aliphatic rings. The normalized spacial score (nSPS) is 9.89. The quantitative estimate of drug-likeness (QED) is 0.740. The molecule has 0 aromatic heterocycles. The lowest BCUT2D eigenvalue weighted by atomic mass is 10.2. The molecule has 0 unspecified atom stereocenters. The highest BCUT2D eigenvalue weighted by atomic mass is 16.2. The number of carbonyl (C=O) groups excluding carboxylic acids is 2. The number of amides is 2. The zero-order chi connectivity index (χ0) is 13.5. The van der Waals surface area contributed by atoms with E-state index in [4.69, 9.17) is 5.73 Å². The van der Waals surface area contributed by atoms with Crippen LogP contribution < -0.4 is 11.1 Å². The average Bonchev–Trinajstić information content (AvgIpc) is 2.34. The maximum atomic E-state index is 11.3. The van der Waals surface area contributed by atoms with E-state index < -0.39 is 5.91 Å². The summed E-state index contributed by atoms with van der Waals surface area (Å²) >= 11 is 0. The highest BCUT2D eigenvalue weighted by Crippen LogP contribution is 2.10. The van der Waals surface area contributed by atoms with Gasteiger partial charge in [-0.3, -0.25) is 9.59 Å². The van der Waals surface area contributed by atoms with Crippen molar-refractivity contribution in [3.8, 4) is 0 Å². The molecule has 0 saturated carbocycles. The third kappa shape index (κ3) is 4.45. The molecule has 0 fully saturated rings. The summed E-state index contributed by atoms with van der Waals surface area (Å²) in [7, 11) is 3.48. The SMILES string of the molecule is CN(C)C(=O)CCCNc1cccc(C(N)=O)c1. The second-order valence-electron chi connectivity index (χ2n) is 4.26. The first-order valence-electron chi connectivity index (χ1n) is 5.84. The number of hydrogen-bond acceptors (Lipinski definition) is 3. The standard InChI is InChI=1S/C13H19N3O2/c1-16(2)12(17)7-4-8-15-11-6-3-5-10(9-11)13(14)18/h3,5-6,9,15H,4,7-8H2,1-2H3,(H2,14,18). The minimum atomic E-state index is -0.443. The fraction of sp³-hybridized carbons (Fsp3) is 0.385. The molecular formula is C13H19N3O2. The van der Waals surface area contributed by atoms with Gasteiger partial charge in [0.05, 0.1) is 0 Å². The highest BCUT2D eigenvalue weighted by Gasteiger charge is 2.03. The summed E-state index contributed by atoms with van der Waals surface area (Å²) in [5.41, 5.74) is 6.51. The van der Waals surface area contributed by atoms with Crippen molar-refractivity contribution in [2.24, 2.45) is 5.73 Å². The van der Waals surface area contributed by atoms with E-state index in [-0.39, 0.29) is 5.91 Å². The van der Waals surface area contributed by atoms with E-state index >= 15 is 0 Å². The molecule has 2 amide bonds. The Morgan fingerprint density at radius 2 is 2.06 bits per heavy atom. The van der Waals surface area contributed by atoms with E-state index in [1.807, 2.05) is 6.07 Å². The molecular weight excluding hydrogens is 230 g/mol. The van der Waals surface area contributed by atoms with Crippen LogP contribution in [0.15, 0.2) is 24.3 Å². The molecule has 5 heteroatoms. The summed E-state index contributed by atoms with van der Waals surface area (Å²) in [6.07, 6.45) is 1.26. The van der Waals surface area contributed by atoms with Crippen LogP contribution in [0.5, 0.6) is 0 Å². The minimum Gasteiger partial charge on any atom is -0.385 e. The van der Waals surface area contributed by atoms with E-state index in [0.29, 0.717) is 18.5 Å². The van der Waals surface area contributed by atoms with Gasteiger partial charge >= 0.3 is 0 Å². The maximum Gasteiger partial charge on any atom is 0.248 e. The van der Waals surface area contributed by atoms with Crippen LogP contribution in [0.4, 0.5) is 5.69 Å². The van der Waals surface area contributed by atoms with Crippen molar-refractivity contribution in [3.05, 3.63) is 29.8 Å². The maximum absolute atomic E-state index is 11.3. The summed E-state index contributed by atoms with van der Waals surface area (Å²) in [5.74, 6) is -0.330. The topological polar surface area (TPSA) is 75.4 Å². The van der Waals surface area contributed by atoms with Gasteiger partial charge in [-0.05, 0) is 24.6 Å². The van der Waals surface area contributed by atoms with Crippen LogP contribution in [0, 0.1) is 0 Å². The molecule has 0 atom stereocenters. The Morgan fingerprint density at radius 3 is 2.67 bits per heavy atom. The zero-order valence-corrected chi connectivity index (χ0v) is 10.8. The molecule has 1 aromatic rings. The second-order valence-corrected chi connectivity index (χ2v) is 4.26. The number of rotatable bonds is 6. The van der Waals surface area contributed by atoms with Crippen molar-refractivity contribution in [2.45, 2.75) is 12.8 Å². The molecule has 0 heterocycles. The number of carbonyl (C=O) groups is 2. The molecule has 3 N–H and O–H groups in total. The lowest BCUT2D eigenvalue weighted by Gasteiger charge is -2.10. The fourth-order valence-electron chi connectivity index (χ4n) is 1.48. The zero-order valence-electron chi connectivity index (χ0n) is 10.8. The molecule has 5 nitrogen and oxygen atoms in total. The molecule has 0 aliphatic carbocycles. The Morgan fingerprint density at radius 1 is 1.33 bits per heavy atom. The number of anilines is 1. The number of nitrogens with zero attached hydrogens (tertiary/aromatic N) is 1. The van der Waals surface area contributed by atoms with E-state index in [1.165, 1.54) is 0 Å². The lowest BCUT2D eigenvalue weighted by Crippen LogP contribution is -2.22. The Labute approximate surface area is 107 Å². The van der Waals surface area contributed by atoms with Gasteiger partial charge in [-0.25, -0.2) is 0 Å². The lowest BCUT2D eigenvalue weighted by molar-refractivity contribution is -0.128. The van der Waals surface area contributed by atoms with Gasteiger partial charge in [0.15, 0.2) is 0 Å². The van der Waals surface area contributed by atoms with Crippen molar-refractivity contribution in [2.75, 3.05) is 26.0 Å². The first-order chi connectivity index (χ1) is 8.50. The van der Waals surface area contributed by atoms with Gasteiger partial charge in [0.1, 0.15) is 0 Å². The molecule has 0 saturated heterocycles. The van der Waals surface area contributed by atoms with Gasteiger partial charge in [0.25, 0.3) is 0 Å². The van der Waals surface area contributed by atoms with E-state index in [9.17, 15) is 9.59 Å². The summed E-state index contributed by atoms with van der Waals surface area (Å²) in [4.78, 5) is 23.9. The third-order valence-electron chi connectivity index (χ3n) is 2.54. The van der Waals surface area contributed by atoms with Gasteiger partial charge in [-0.2, -0.15) is 0 Å². The summed E-state index contributed by atoms with van der Waals surface area (Å²) in [5, 5.41) is 3.16. The first-order valence-corrected chi connectivity index (χ1v) is 5.84.